The molecule has 0 N–H and O–H groups in total. The van der Waals surface area contributed by atoms with Crippen LogP contribution in [0.2, 0.25) is 10.0 Å². The minimum absolute atomic E-state index is 0.101. The maximum Gasteiger partial charge on any atom is 0.138 e. The number of halogens is 3. The van der Waals surface area contributed by atoms with Crippen LogP contribution in [0.4, 0.5) is 0 Å². The van der Waals surface area contributed by atoms with Crippen LogP contribution < -0.4 is 4.74 Å². The summed E-state index contributed by atoms with van der Waals surface area (Å²) in [7, 11) is 1.58. The second-order valence-corrected chi connectivity index (χ2v) is 6.48. The van der Waals surface area contributed by atoms with Gasteiger partial charge < -0.3 is 4.74 Å². The molecule has 1 nitrogen and oxygen atoms in total. The molecule has 1 aliphatic carbocycles. The Kier molecular flexibility index (Phi) is 4.36. The number of rotatable bonds is 3. The van der Waals surface area contributed by atoms with Crippen molar-refractivity contribution in [3.05, 3.63) is 27.7 Å². The fourth-order valence-electron chi connectivity index (χ4n) is 2.71. The number of benzene rings is 1. The highest BCUT2D eigenvalue weighted by Crippen LogP contribution is 2.52. The molecule has 1 aromatic rings. The van der Waals surface area contributed by atoms with Crippen molar-refractivity contribution in [3.63, 3.8) is 0 Å². The van der Waals surface area contributed by atoms with Crippen molar-refractivity contribution in [1.82, 2.24) is 0 Å². The molecule has 1 unspecified atom stereocenters. The van der Waals surface area contributed by atoms with Crippen molar-refractivity contribution in [2.24, 2.45) is 5.41 Å². The molecule has 0 heterocycles. The SMILES string of the molecule is COc1cc(Cl)c(C(Cl)C2(C)CCCC2)cc1Cl. The summed E-state index contributed by atoms with van der Waals surface area (Å²) in [6.45, 7) is 2.23. The summed E-state index contributed by atoms with van der Waals surface area (Å²) in [5, 5.41) is 1.09. The summed E-state index contributed by atoms with van der Waals surface area (Å²) in [6, 6.07) is 3.58. The largest absolute Gasteiger partial charge is 0.495 e. The molecule has 0 spiro atoms. The Morgan fingerprint density at radius 3 is 2.33 bits per heavy atom. The summed E-state index contributed by atoms with van der Waals surface area (Å²) in [6.07, 6.45) is 4.75. The van der Waals surface area contributed by atoms with Crippen LogP contribution in [-0.4, -0.2) is 7.11 Å². The molecular weight excluding hydrogens is 291 g/mol. The average molecular weight is 308 g/mol. The highest BCUT2D eigenvalue weighted by Gasteiger charge is 2.37. The third-order valence-electron chi connectivity index (χ3n) is 3.90. The monoisotopic (exact) mass is 306 g/mol. The zero-order valence-corrected chi connectivity index (χ0v) is 12.9. The Bertz CT molecular complexity index is 439. The summed E-state index contributed by atoms with van der Waals surface area (Å²) < 4.78 is 5.15. The fraction of sp³-hybridized carbons (Fsp3) is 0.571. The Labute approximate surface area is 123 Å². The van der Waals surface area contributed by atoms with E-state index in [9.17, 15) is 0 Å². The van der Waals surface area contributed by atoms with E-state index in [1.165, 1.54) is 12.8 Å². The van der Waals surface area contributed by atoms with Gasteiger partial charge in [0.25, 0.3) is 0 Å². The third kappa shape index (κ3) is 2.59. The molecule has 4 heteroatoms. The molecule has 0 aromatic heterocycles. The van der Waals surface area contributed by atoms with E-state index in [0.717, 1.165) is 18.4 Å². The van der Waals surface area contributed by atoms with Gasteiger partial charge in [-0.1, -0.05) is 43.0 Å². The maximum atomic E-state index is 6.64. The van der Waals surface area contributed by atoms with Gasteiger partial charge in [0, 0.05) is 11.1 Å². The Morgan fingerprint density at radius 2 is 1.78 bits per heavy atom. The van der Waals surface area contributed by atoms with Crippen LogP contribution >= 0.6 is 34.8 Å². The first-order valence-electron chi connectivity index (χ1n) is 6.15. The van der Waals surface area contributed by atoms with Gasteiger partial charge >= 0.3 is 0 Å². The molecular formula is C14H17Cl3O. The van der Waals surface area contributed by atoms with Gasteiger partial charge in [0.15, 0.2) is 0 Å². The minimum Gasteiger partial charge on any atom is -0.495 e. The predicted molar refractivity (Wildman–Crippen MR) is 78.2 cm³/mol. The van der Waals surface area contributed by atoms with Gasteiger partial charge in [-0.15, -0.1) is 11.6 Å². The smallest absolute Gasteiger partial charge is 0.138 e. The first-order valence-corrected chi connectivity index (χ1v) is 7.34. The summed E-state index contributed by atoms with van der Waals surface area (Å²) in [4.78, 5) is 0. The number of alkyl halides is 1. The van der Waals surface area contributed by atoms with Crippen molar-refractivity contribution >= 4 is 34.8 Å². The molecule has 0 bridgehead atoms. The quantitative estimate of drug-likeness (QED) is 0.635. The molecule has 18 heavy (non-hydrogen) atoms. The molecule has 1 fully saturated rings. The van der Waals surface area contributed by atoms with Gasteiger partial charge in [0.05, 0.1) is 17.5 Å². The maximum absolute atomic E-state index is 6.64. The van der Waals surface area contributed by atoms with E-state index < -0.39 is 0 Å². The van der Waals surface area contributed by atoms with E-state index in [-0.39, 0.29) is 10.8 Å². The van der Waals surface area contributed by atoms with Crippen molar-refractivity contribution in [1.29, 1.82) is 0 Å². The number of hydrogen-bond donors (Lipinski definition) is 0. The van der Waals surface area contributed by atoms with Gasteiger partial charge in [0.1, 0.15) is 5.75 Å². The zero-order valence-electron chi connectivity index (χ0n) is 10.6. The van der Waals surface area contributed by atoms with Crippen molar-refractivity contribution in [3.8, 4) is 5.75 Å². The molecule has 0 radical (unpaired) electrons. The topological polar surface area (TPSA) is 9.23 Å². The van der Waals surface area contributed by atoms with E-state index in [2.05, 4.69) is 6.92 Å². The van der Waals surface area contributed by atoms with Crippen molar-refractivity contribution in [2.75, 3.05) is 7.11 Å². The number of ether oxygens (including phenoxy) is 1. The lowest BCUT2D eigenvalue weighted by atomic mass is 9.81. The lowest BCUT2D eigenvalue weighted by molar-refractivity contribution is 0.321. The number of hydrogen-bond acceptors (Lipinski definition) is 1. The van der Waals surface area contributed by atoms with E-state index in [4.69, 9.17) is 39.5 Å². The molecule has 1 saturated carbocycles. The summed E-state index contributed by atoms with van der Waals surface area (Å²) >= 11 is 19.1. The molecule has 0 amide bonds. The summed E-state index contributed by atoms with van der Waals surface area (Å²) in [5.74, 6) is 0.589. The van der Waals surface area contributed by atoms with Gasteiger partial charge in [-0.2, -0.15) is 0 Å². The van der Waals surface area contributed by atoms with E-state index in [0.29, 0.717) is 15.8 Å². The van der Waals surface area contributed by atoms with E-state index in [1.807, 2.05) is 6.07 Å². The Hall–Kier alpha value is -0.110. The highest BCUT2D eigenvalue weighted by atomic mass is 35.5. The highest BCUT2D eigenvalue weighted by molar-refractivity contribution is 6.35. The molecule has 100 valence electrons. The Morgan fingerprint density at radius 1 is 1.17 bits per heavy atom. The van der Waals surface area contributed by atoms with Crippen LogP contribution in [0.1, 0.15) is 43.5 Å². The molecule has 0 aliphatic heterocycles. The second-order valence-electron chi connectivity index (χ2n) is 5.23. The number of methoxy groups -OCH3 is 1. The molecule has 0 saturated heterocycles. The van der Waals surface area contributed by atoms with Crippen molar-refractivity contribution < 1.29 is 4.74 Å². The van der Waals surface area contributed by atoms with E-state index >= 15 is 0 Å². The lowest BCUT2D eigenvalue weighted by Crippen LogP contribution is -2.18. The van der Waals surface area contributed by atoms with Gasteiger partial charge in [-0.25, -0.2) is 0 Å². The predicted octanol–water partition coefficient (Wildman–Crippen LogP) is 5.86. The van der Waals surface area contributed by atoms with Crippen LogP contribution in [0.3, 0.4) is 0 Å². The van der Waals surface area contributed by atoms with Crippen LogP contribution in [0.25, 0.3) is 0 Å². The molecule has 1 atom stereocenters. The molecule has 1 aliphatic rings. The lowest BCUT2D eigenvalue weighted by Gasteiger charge is -2.30. The standard InChI is InChI=1S/C14H17Cl3O/c1-14(5-3-4-6-14)13(17)9-7-11(16)12(18-2)8-10(9)15/h7-8,13H,3-6H2,1-2H3. The van der Waals surface area contributed by atoms with Gasteiger partial charge in [-0.3, -0.25) is 0 Å². The minimum atomic E-state index is -0.101. The van der Waals surface area contributed by atoms with Gasteiger partial charge in [-0.05, 0) is 29.9 Å². The first kappa shape index (κ1) is 14.3. The van der Waals surface area contributed by atoms with Crippen LogP contribution in [0.15, 0.2) is 12.1 Å². The van der Waals surface area contributed by atoms with E-state index in [1.54, 1.807) is 13.2 Å². The van der Waals surface area contributed by atoms with Gasteiger partial charge in [0.2, 0.25) is 0 Å². The molecule has 2 rings (SSSR count). The van der Waals surface area contributed by atoms with Crippen LogP contribution in [0.5, 0.6) is 5.75 Å². The van der Waals surface area contributed by atoms with Crippen LogP contribution in [-0.2, 0) is 0 Å². The third-order valence-corrected chi connectivity index (χ3v) is 5.29. The Balaban J connectivity index is 2.36. The zero-order chi connectivity index (χ0) is 13.3. The summed E-state index contributed by atoms with van der Waals surface area (Å²) in [5.41, 5.74) is 1.02. The second kappa shape index (κ2) is 5.48. The van der Waals surface area contributed by atoms with Crippen LogP contribution in [0, 0.1) is 5.41 Å². The average Bonchev–Trinajstić information content (AvgIpc) is 2.79. The first-order chi connectivity index (χ1) is 8.48. The fourth-order valence-corrected chi connectivity index (χ4v) is 3.67. The molecule has 1 aromatic carbocycles. The normalized spacial score (nSPS) is 19.8. The van der Waals surface area contributed by atoms with Crippen molar-refractivity contribution in [2.45, 2.75) is 38.0 Å².